The van der Waals surface area contributed by atoms with Gasteiger partial charge < -0.3 is 10.2 Å². The Morgan fingerprint density at radius 3 is 2.52 bits per heavy atom. The molecule has 0 unspecified atom stereocenters. The van der Waals surface area contributed by atoms with E-state index in [2.05, 4.69) is 5.32 Å². The van der Waals surface area contributed by atoms with E-state index in [4.69, 9.17) is 0 Å². The zero-order valence-electron chi connectivity index (χ0n) is 15.8. The Kier molecular flexibility index (Phi) is 5.38. The normalized spacial score (nSPS) is 13.5. The highest BCUT2D eigenvalue weighted by molar-refractivity contribution is 7.90. The fourth-order valence-corrected chi connectivity index (χ4v) is 4.15. The summed E-state index contributed by atoms with van der Waals surface area (Å²) in [5.74, 6) is -0.659. The van der Waals surface area contributed by atoms with E-state index in [0.717, 1.165) is 42.5 Å². The van der Waals surface area contributed by atoms with Gasteiger partial charge in [0.05, 0.1) is 4.92 Å². The Bertz CT molecular complexity index is 1130. The molecule has 0 saturated carbocycles. The highest BCUT2D eigenvalue weighted by Gasteiger charge is 2.24. The van der Waals surface area contributed by atoms with Crippen molar-refractivity contribution in [3.05, 3.63) is 57.6 Å². The summed E-state index contributed by atoms with van der Waals surface area (Å²) in [4.78, 5) is 35.9. The highest BCUT2D eigenvalue weighted by Crippen LogP contribution is 2.30. The number of benzene rings is 2. The Balaban J connectivity index is 1.88. The van der Waals surface area contributed by atoms with E-state index in [-0.39, 0.29) is 11.5 Å². The van der Waals surface area contributed by atoms with Gasteiger partial charge in [-0.1, -0.05) is 0 Å². The molecule has 9 nitrogen and oxygen atoms in total. The molecule has 10 heteroatoms. The lowest BCUT2D eigenvalue weighted by Crippen LogP contribution is -2.33. The van der Waals surface area contributed by atoms with Crippen LogP contribution in [0.1, 0.15) is 29.3 Å². The molecule has 0 fully saturated rings. The van der Waals surface area contributed by atoms with Crippen molar-refractivity contribution in [2.45, 2.75) is 24.7 Å². The van der Waals surface area contributed by atoms with Crippen molar-refractivity contribution < 1.29 is 22.9 Å². The molecule has 0 spiro atoms. The fraction of sp³-hybridized carbons (Fsp3) is 0.263. The van der Waals surface area contributed by atoms with Crippen molar-refractivity contribution in [3.8, 4) is 0 Å². The predicted octanol–water partition coefficient (Wildman–Crippen LogP) is 2.55. The van der Waals surface area contributed by atoms with Crippen LogP contribution in [0.5, 0.6) is 0 Å². The van der Waals surface area contributed by atoms with Crippen molar-refractivity contribution in [2.24, 2.45) is 0 Å². The topological polar surface area (TPSA) is 127 Å². The summed E-state index contributed by atoms with van der Waals surface area (Å²) in [6.07, 6.45) is 2.44. The monoisotopic (exact) mass is 417 g/mol. The first-order valence-corrected chi connectivity index (χ1v) is 10.7. The summed E-state index contributed by atoms with van der Waals surface area (Å²) in [6.45, 7) is 2.14. The summed E-state index contributed by atoms with van der Waals surface area (Å²) in [5.41, 5.74) is 1.52. The van der Waals surface area contributed by atoms with Gasteiger partial charge in [-0.2, -0.15) is 0 Å². The largest absolute Gasteiger partial charge is 0.322 e. The second-order valence-corrected chi connectivity index (χ2v) is 8.77. The van der Waals surface area contributed by atoms with Gasteiger partial charge in [-0.25, -0.2) is 8.42 Å². The number of hydrogen-bond acceptors (Lipinski definition) is 6. The van der Waals surface area contributed by atoms with Crippen molar-refractivity contribution in [1.29, 1.82) is 0 Å². The minimum absolute atomic E-state index is 0.0350. The van der Waals surface area contributed by atoms with Gasteiger partial charge in [0.25, 0.3) is 11.6 Å². The predicted molar refractivity (Wildman–Crippen MR) is 107 cm³/mol. The van der Waals surface area contributed by atoms with Crippen LogP contribution in [0.3, 0.4) is 0 Å². The first kappa shape index (κ1) is 20.5. The minimum atomic E-state index is -3.81. The van der Waals surface area contributed by atoms with Crippen LogP contribution in [0.25, 0.3) is 0 Å². The van der Waals surface area contributed by atoms with Crippen LogP contribution in [-0.4, -0.2) is 38.0 Å². The van der Waals surface area contributed by atoms with Crippen molar-refractivity contribution >= 4 is 38.7 Å². The molecule has 29 heavy (non-hydrogen) atoms. The number of rotatable bonds is 4. The molecule has 1 N–H and O–H groups in total. The van der Waals surface area contributed by atoms with Crippen molar-refractivity contribution in [3.63, 3.8) is 0 Å². The second-order valence-electron chi connectivity index (χ2n) is 6.78. The van der Waals surface area contributed by atoms with E-state index >= 15 is 0 Å². The molecular weight excluding hydrogens is 398 g/mol. The first-order chi connectivity index (χ1) is 13.6. The molecule has 2 aromatic carbocycles. The van der Waals surface area contributed by atoms with Crippen LogP contribution in [0.15, 0.2) is 41.3 Å². The molecular formula is C19H19N3O6S. The zero-order valence-corrected chi connectivity index (χ0v) is 16.7. The number of carbonyl (C=O) groups excluding carboxylic acids is 2. The van der Waals surface area contributed by atoms with E-state index in [0.29, 0.717) is 12.2 Å². The number of carbonyl (C=O) groups is 2. The summed E-state index contributed by atoms with van der Waals surface area (Å²) in [5, 5.41) is 13.9. The van der Waals surface area contributed by atoms with Gasteiger partial charge in [-0.3, -0.25) is 19.7 Å². The molecule has 0 radical (unpaired) electrons. The number of anilines is 2. The van der Waals surface area contributed by atoms with Gasteiger partial charge in [0, 0.05) is 42.7 Å². The third-order valence-corrected chi connectivity index (χ3v) is 5.80. The quantitative estimate of drug-likeness (QED) is 0.602. The molecule has 0 aliphatic carbocycles. The van der Waals surface area contributed by atoms with E-state index in [9.17, 15) is 28.1 Å². The van der Waals surface area contributed by atoms with E-state index < -0.39 is 31.3 Å². The van der Waals surface area contributed by atoms with Crippen molar-refractivity contribution in [2.75, 3.05) is 23.0 Å². The van der Waals surface area contributed by atoms with Crippen LogP contribution in [0.2, 0.25) is 0 Å². The van der Waals surface area contributed by atoms with Crippen LogP contribution >= 0.6 is 0 Å². The molecule has 0 aromatic heterocycles. The van der Waals surface area contributed by atoms with E-state index in [1.807, 2.05) is 0 Å². The van der Waals surface area contributed by atoms with Gasteiger partial charge in [0.1, 0.15) is 4.90 Å². The van der Waals surface area contributed by atoms with Gasteiger partial charge >= 0.3 is 0 Å². The Morgan fingerprint density at radius 2 is 1.90 bits per heavy atom. The zero-order chi connectivity index (χ0) is 21.3. The number of aryl methyl sites for hydroxylation is 1. The smallest absolute Gasteiger partial charge is 0.288 e. The molecule has 0 saturated heterocycles. The van der Waals surface area contributed by atoms with Crippen LogP contribution in [0.4, 0.5) is 17.1 Å². The van der Waals surface area contributed by atoms with E-state index in [1.165, 1.54) is 13.0 Å². The summed E-state index contributed by atoms with van der Waals surface area (Å²) >= 11 is 0. The number of nitro benzene ring substituents is 1. The van der Waals surface area contributed by atoms with Crippen molar-refractivity contribution in [1.82, 2.24) is 0 Å². The number of sulfone groups is 1. The van der Waals surface area contributed by atoms with Gasteiger partial charge in [0.15, 0.2) is 9.84 Å². The average molecular weight is 417 g/mol. The Hall–Kier alpha value is -3.27. The lowest BCUT2D eigenvalue weighted by Gasteiger charge is -2.29. The SMILES string of the molecule is CC(=O)N1CCCc2cc(NC(=O)c3ccc(S(C)(=O)=O)c([N+](=O)[O-])c3)ccc21. The molecule has 3 rings (SSSR count). The van der Waals surface area contributed by atoms with Gasteiger partial charge in [-0.15, -0.1) is 0 Å². The lowest BCUT2D eigenvalue weighted by molar-refractivity contribution is -0.387. The molecule has 1 heterocycles. The Labute approximate surface area is 167 Å². The van der Waals surface area contributed by atoms with Gasteiger partial charge in [0.2, 0.25) is 5.91 Å². The van der Waals surface area contributed by atoms with E-state index in [1.54, 1.807) is 23.1 Å². The number of nitro groups is 1. The minimum Gasteiger partial charge on any atom is -0.322 e. The van der Waals surface area contributed by atoms with Crippen LogP contribution < -0.4 is 10.2 Å². The van der Waals surface area contributed by atoms with Crippen LogP contribution in [0, 0.1) is 10.1 Å². The number of fused-ring (bicyclic) bond motifs is 1. The molecule has 2 aromatic rings. The number of hydrogen-bond donors (Lipinski definition) is 1. The lowest BCUT2D eigenvalue weighted by atomic mass is 10.0. The standard InChI is InChI=1S/C19H19N3O6S/c1-12(23)21-9-3-4-13-10-15(6-7-16(13)21)20-19(24)14-5-8-18(29(2,27)28)17(11-14)22(25)26/h5-8,10-11H,3-4,9H2,1-2H3,(H,20,24). The van der Waals surface area contributed by atoms with Crippen LogP contribution in [-0.2, 0) is 21.1 Å². The first-order valence-electron chi connectivity index (χ1n) is 8.79. The molecule has 1 aliphatic heterocycles. The Morgan fingerprint density at radius 1 is 1.17 bits per heavy atom. The van der Waals surface area contributed by atoms with Gasteiger partial charge in [-0.05, 0) is 48.7 Å². The number of nitrogens with one attached hydrogen (secondary N) is 1. The molecule has 0 atom stereocenters. The molecule has 152 valence electrons. The number of amides is 2. The maximum Gasteiger partial charge on any atom is 0.288 e. The fourth-order valence-electron chi connectivity index (χ4n) is 3.32. The molecule has 1 aliphatic rings. The molecule has 2 amide bonds. The highest BCUT2D eigenvalue weighted by atomic mass is 32.2. The summed E-state index contributed by atoms with van der Waals surface area (Å²) < 4.78 is 23.4. The maximum absolute atomic E-state index is 12.5. The summed E-state index contributed by atoms with van der Waals surface area (Å²) in [7, 11) is -3.81. The summed E-state index contributed by atoms with van der Waals surface area (Å²) in [6, 6.07) is 8.40. The second kappa shape index (κ2) is 7.63. The third-order valence-electron chi connectivity index (χ3n) is 4.65. The third kappa shape index (κ3) is 4.27. The maximum atomic E-state index is 12.5. The number of nitrogens with zero attached hydrogens (tertiary/aromatic N) is 2. The molecule has 0 bridgehead atoms. The average Bonchev–Trinajstić information content (AvgIpc) is 2.65.